The van der Waals surface area contributed by atoms with Crippen LogP contribution < -0.4 is 10.8 Å². The molecule has 0 radical (unpaired) electrons. The molecule has 9 heteroatoms. The van der Waals surface area contributed by atoms with Gasteiger partial charge in [-0.3, -0.25) is 9.59 Å². The van der Waals surface area contributed by atoms with E-state index < -0.39 is 42.4 Å². The Labute approximate surface area is 129 Å². The van der Waals surface area contributed by atoms with Gasteiger partial charge in [0.1, 0.15) is 18.4 Å². The molecule has 0 spiro atoms. The molecule has 0 aliphatic carbocycles. The van der Waals surface area contributed by atoms with E-state index in [1.165, 1.54) is 0 Å². The lowest BCUT2D eigenvalue weighted by Gasteiger charge is -2.33. The Bertz CT molecular complexity index is 368. The van der Waals surface area contributed by atoms with Crippen LogP contribution in [0.4, 0.5) is 0 Å². The number of ketones is 1. The molecule has 0 fully saturated rings. The van der Waals surface area contributed by atoms with Crippen LogP contribution in [0, 0.1) is 5.92 Å². The SMILES string of the molecule is CC(=O)C(C(=O)[O-])C(C[N+](C)(C)C)OC(=O)[C@@H](N)CO.Cl. The second-order valence-corrected chi connectivity index (χ2v) is 5.64. The fourth-order valence-electron chi connectivity index (χ4n) is 1.64. The smallest absolute Gasteiger partial charge is 0.325 e. The van der Waals surface area contributed by atoms with Gasteiger partial charge < -0.3 is 30.0 Å². The summed E-state index contributed by atoms with van der Waals surface area (Å²) in [6.45, 7) is 0.539. The topological polar surface area (TPSA) is 130 Å². The molecular formula is C12H23ClN2O6. The molecule has 3 N–H and O–H groups in total. The lowest BCUT2D eigenvalue weighted by atomic mass is 9.97. The molecule has 0 bridgehead atoms. The highest BCUT2D eigenvalue weighted by Crippen LogP contribution is 2.13. The molecule has 0 aromatic rings. The van der Waals surface area contributed by atoms with Crippen LogP contribution in [0.15, 0.2) is 0 Å². The molecule has 0 rings (SSSR count). The van der Waals surface area contributed by atoms with Crippen molar-refractivity contribution in [2.45, 2.75) is 19.1 Å². The van der Waals surface area contributed by atoms with E-state index in [1.54, 1.807) is 21.1 Å². The van der Waals surface area contributed by atoms with E-state index in [9.17, 15) is 19.5 Å². The average Bonchev–Trinajstić information content (AvgIpc) is 2.24. The third kappa shape index (κ3) is 7.96. The number of esters is 1. The van der Waals surface area contributed by atoms with Crippen LogP contribution in [0.25, 0.3) is 0 Å². The second-order valence-electron chi connectivity index (χ2n) is 5.64. The summed E-state index contributed by atoms with van der Waals surface area (Å²) < 4.78 is 5.25. The fourth-order valence-corrected chi connectivity index (χ4v) is 1.64. The van der Waals surface area contributed by atoms with Crippen molar-refractivity contribution in [1.29, 1.82) is 0 Å². The number of rotatable bonds is 8. The van der Waals surface area contributed by atoms with Gasteiger partial charge in [-0.15, -0.1) is 12.4 Å². The molecule has 8 nitrogen and oxygen atoms in total. The number of aliphatic hydroxyl groups excluding tert-OH is 1. The number of halogens is 1. The van der Waals surface area contributed by atoms with Crippen molar-refractivity contribution in [1.82, 2.24) is 0 Å². The summed E-state index contributed by atoms with van der Waals surface area (Å²) in [7, 11) is 5.25. The molecule has 0 amide bonds. The van der Waals surface area contributed by atoms with Gasteiger partial charge in [-0.05, 0) is 6.92 Å². The third-order valence-electron chi connectivity index (χ3n) is 2.56. The number of nitrogens with zero attached hydrogens (tertiary/aromatic N) is 1. The lowest BCUT2D eigenvalue weighted by molar-refractivity contribution is -0.873. The summed E-state index contributed by atoms with van der Waals surface area (Å²) >= 11 is 0. The maximum Gasteiger partial charge on any atom is 0.325 e. The molecule has 0 saturated heterocycles. The van der Waals surface area contributed by atoms with Gasteiger partial charge in [0.05, 0.1) is 39.6 Å². The van der Waals surface area contributed by atoms with E-state index >= 15 is 0 Å². The number of carbonyl (C=O) groups is 3. The van der Waals surface area contributed by atoms with Crippen LogP contribution in [0.5, 0.6) is 0 Å². The van der Waals surface area contributed by atoms with E-state index in [-0.39, 0.29) is 23.4 Å². The van der Waals surface area contributed by atoms with Crippen molar-refractivity contribution in [2.75, 3.05) is 34.3 Å². The molecule has 21 heavy (non-hydrogen) atoms. The molecule has 0 heterocycles. The number of ether oxygens (including phenoxy) is 1. The minimum atomic E-state index is -1.61. The maximum atomic E-state index is 11.6. The van der Waals surface area contributed by atoms with E-state index in [2.05, 4.69) is 0 Å². The monoisotopic (exact) mass is 326 g/mol. The summed E-state index contributed by atoms with van der Waals surface area (Å²) in [5.74, 6) is -4.81. The van der Waals surface area contributed by atoms with Crippen molar-refractivity contribution >= 4 is 30.1 Å². The van der Waals surface area contributed by atoms with Gasteiger partial charge in [-0.1, -0.05) is 0 Å². The number of likely N-dealkylation sites (N-methyl/N-ethyl adjacent to an activating group) is 1. The van der Waals surface area contributed by atoms with Crippen molar-refractivity contribution in [3.05, 3.63) is 0 Å². The van der Waals surface area contributed by atoms with Gasteiger partial charge in [0.2, 0.25) is 0 Å². The molecule has 2 unspecified atom stereocenters. The number of aliphatic carboxylic acids is 1. The number of hydrogen-bond acceptors (Lipinski definition) is 7. The Hall–Kier alpha value is -1.22. The zero-order valence-electron chi connectivity index (χ0n) is 12.6. The summed E-state index contributed by atoms with van der Waals surface area (Å²) in [4.78, 5) is 34.1. The highest BCUT2D eigenvalue weighted by molar-refractivity contribution is 5.97. The lowest BCUT2D eigenvalue weighted by Crippen LogP contribution is -2.53. The first-order valence-electron chi connectivity index (χ1n) is 6.08. The number of nitrogens with two attached hydrogens (primary N) is 1. The summed E-state index contributed by atoms with van der Waals surface area (Å²) in [5, 5.41) is 19.9. The zero-order chi connectivity index (χ0) is 16.1. The van der Waals surface area contributed by atoms with Crippen molar-refractivity contribution in [3.63, 3.8) is 0 Å². The highest BCUT2D eigenvalue weighted by atomic mass is 35.5. The van der Waals surface area contributed by atoms with Crippen LogP contribution in [-0.2, 0) is 19.1 Å². The van der Waals surface area contributed by atoms with E-state index in [0.29, 0.717) is 0 Å². The van der Waals surface area contributed by atoms with Gasteiger partial charge >= 0.3 is 5.97 Å². The fraction of sp³-hybridized carbons (Fsp3) is 0.750. The standard InChI is InChI=1S/C12H22N2O6.ClH/c1-7(16)10(11(17)18)9(5-14(2,3)4)20-12(19)8(13)6-15;/h8-10,15H,5-6,13H2,1-4H3;1H/t8-,9?,10?;/m0./s1. The first kappa shape index (κ1) is 22.1. The highest BCUT2D eigenvalue weighted by Gasteiger charge is 2.35. The predicted octanol–water partition coefficient (Wildman–Crippen LogP) is -2.70. The number of aliphatic hydroxyl groups is 1. The number of carboxylic acid groups (broad SMARTS) is 1. The minimum absolute atomic E-state index is 0. The number of carbonyl (C=O) groups excluding carboxylic acids is 3. The quantitative estimate of drug-likeness (QED) is 0.282. The zero-order valence-corrected chi connectivity index (χ0v) is 13.4. The Morgan fingerprint density at radius 2 is 1.76 bits per heavy atom. The second kappa shape index (κ2) is 8.93. The predicted molar refractivity (Wildman–Crippen MR) is 74.3 cm³/mol. The van der Waals surface area contributed by atoms with Gasteiger partial charge in [0.25, 0.3) is 0 Å². The largest absolute Gasteiger partial charge is 0.549 e. The third-order valence-corrected chi connectivity index (χ3v) is 2.56. The molecule has 0 aromatic carbocycles. The summed E-state index contributed by atoms with van der Waals surface area (Å²) in [6.07, 6.45) is -1.21. The van der Waals surface area contributed by atoms with Crippen molar-refractivity contribution in [2.24, 2.45) is 11.7 Å². The van der Waals surface area contributed by atoms with Gasteiger partial charge in [-0.25, -0.2) is 0 Å². The molecule has 124 valence electrons. The molecule has 0 aliphatic rings. The number of hydrogen-bond donors (Lipinski definition) is 2. The Morgan fingerprint density at radius 1 is 1.29 bits per heavy atom. The Balaban J connectivity index is 0. The first-order chi connectivity index (χ1) is 8.99. The molecule has 0 aromatic heterocycles. The van der Waals surface area contributed by atoms with E-state index in [4.69, 9.17) is 15.6 Å². The van der Waals surface area contributed by atoms with Crippen molar-refractivity contribution in [3.8, 4) is 0 Å². The van der Waals surface area contributed by atoms with E-state index in [0.717, 1.165) is 6.92 Å². The number of carboxylic acids is 1. The van der Waals surface area contributed by atoms with Crippen LogP contribution in [-0.4, -0.2) is 73.8 Å². The van der Waals surface area contributed by atoms with Crippen LogP contribution in [0.1, 0.15) is 6.92 Å². The van der Waals surface area contributed by atoms with Gasteiger partial charge in [0, 0.05) is 0 Å². The number of quaternary nitrogens is 1. The molecule has 0 aliphatic heterocycles. The maximum absolute atomic E-state index is 11.6. The molecule has 3 atom stereocenters. The minimum Gasteiger partial charge on any atom is -0.549 e. The number of Topliss-reactive ketones (excluding diaryl/α,β-unsaturated/α-hetero) is 1. The van der Waals surface area contributed by atoms with Crippen molar-refractivity contribution < 1.29 is 33.8 Å². The first-order valence-corrected chi connectivity index (χ1v) is 6.08. The molecular weight excluding hydrogens is 304 g/mol. The van der Waals surface area contributed by atoms with Gasteiger partial charge in [-0.2, -0.15) is 0 Å². The van der Waals surface area contributed by atoms with Gasteiger partial charge in [0.15, 0.2) is 6.10 Å². The average molecular weight is 327 g/mol. The van der Waals surface area contributed by atoms with Crippen LogP contribution in [0.3, 0.4) is 0 Å². The molecule has 0 saturated carbocycles. The van der Waals surface area contributed by atoms with Crippen LogP contribution in [0.2, 0.25) is 0 Å². The Morgan fingerprint density at radius 3 is 2.05 bits per heavy atom. The summed E-state index contributed by atoms with van der Waals surface area (Å²) in [5.41, 5.74) is 5.30. The normalized spacial score (nSPS) is 15.3. The van der Waals surface area contributed by atoms with E-state index in [1.807, 2.05) is 0 Å². The van der Waals surface area contributed by atoms with Crippen LogP contribution >= 0.6 is 12.4 Å². The Kier molecular flexibility index (Phi) is 9.39. The summed E-state index contributed by atoms with van der Waals surface area (Å²) in [6, 6.07) is -1.28.